The summed E-state index contributed by atoms with van der Waals surface area (Å²) in [6.45, 7) is 0. The fraction of sp³-hybridized carbons (Fsp3) is 0.462. The van der Waals surface area contributed by atoms with Crippen LogP contribution in [0.3, 0.4) is 0 Å². The number of hydrogen-bond donors (Lipinski definition) is 2. The molecule has 1 saturated heterocycles. The van der Waals surface area contributed by atoms with Crippen LogP contribution in [0.4, 0.5) is 5.69 Å². The predicted molar refractivity (Wildman–Crippen MR) is 88.8 cm³/mol. The topological polar surface area (TPSA) is 89.3 Å². The van der Waals surface area contributed by atoms with Gasteiger partial charge in [0.25, 0.3) is 0 Å². The molecule has 8 heteroatoms. The van der Waals surface area contributed by atoms with Crippen LogP contribution in [0, 0.1) is 5.92 Å². The lowest BCUT2D eigenvalue weighted by Gasteiger charge is -2.20. The van der Waals surface area contributed by atoms with Gasteiger partial charge in [-0.1, -0.05) is 0 Å². The standard InChI is InChI=1S/C13H17BrN2O3S2/c14-11-8-10(21(15,18)19)1-2-12(11)16-13(17)7-9-3-5-20-6-4-9/h1-2,8-9H,3-7H2,(H,16,17)(H2,15,18,19). The van der Waals surface area contributed by atoms with Crippen LogP contribution in [0.15, 0.2) is 27.6 Å². The molecule has 0 radical (unpaired) electrons. The van der Waals surface area contributed by atoms with Gasteiger partial charge < -0.3 is 5.32 Å². The Hall–Kier alpha value is -0.570. The number of thioether (sulfide) groups is 1. The van der Waals surface area contributed by atoms with Gasteiger partial charge in [-0.05, 0) is 64.4 Å². The maximum atomic E-state index is 12.0. The largest absolute Gasteiger partial charge is 0.325 e. The molecule has 2 rings (SSSR count). The Balaban J connectivity index is 2.00. The summed E-state index contributed by atoms with van der Waals surface area (Å²) in [4.78, 5) is 12.0. The van der Waals surface area contributed by atoms with E-state index in [1.807, 2.05) is 11.8 Å². The van der Waals surface area contributed by atoms with Crippen LogP contribution >= 0.6 is 27.7 Å². The maximum absolute atomic E-state index is 12.0. The Morgan fingerprint density at radius 3 is 2.62 bits per heavy atom. The lowest BCUT2D eigenvalue weighted by atomic mass is 9.98. The second kappa shape index (κ2) is 7.13. The van der Waals surface area contributed by atoms with E-state index in [1.165, 1.54) is 12.1 Å². The van der Waals surface area contributed by atoms with Crippen molar-refractivity contribution in [3.05, 3.63) is 22.7 Å². The van der Waals surface area contributed by atoms with Gasteiger partial charge in [-0.3, -0.25) is 4.79 Å². The zero-order valence-electron chi connectivity index (χ0n) is 11.3. The minimum atomic E-state index is -3.74. The number of carbonyl (C=O) groups is 1. The van der Waals surface area contributed by atoms with E-state index < -0.39 is 10.0 Å². The SMILES string of the molecule is NS(=O)(=O)c1ccc(NC(=O)CC2CCSCC2)c(Br)c1. The van der Waals surface area contributed by atoms with Crippen molar-refractivity contribution in [2.45, 2.75) is 24.2 Å². The number of primary sulfonamides is 1. The van der Waals surface area contributed by atoms with Gasteiger partial charge >= 0.3 is 0 Å². The van der Waals surface area contributed by atoms with Gasteiger partial charge in [0.2, 0.25) is 15.9 Å². The highest BCUT2D eigenvalue weighted by Gasteiger charge is 2.18. The monoisotopic (exact) mass is 392 g/mol. The molecule has 0 unspecified atom stereocenters. The predicted octanol–water partition coefficient (Wildman–Crippen LogP) is 2.57. The van der Waals surface area contributed by atoms with Crippen molar-refractivity contribution in [2.75, 3.05) is 16.8 Å². The lowest BCUT2D eigenvalue weighted by Crippen LogP contribution is -2.20. The van der Waals surface area contributed by atoms with Crippen LogP contribution in [0.5, 0.6) is 0 Å². The summed E-state index contributed by atoms with van der Waals surface area (Å²) in [7, 11) is -3.74. The molecule has 0 aromatic heterocycles. The number of anilines is 1. The first-order chi connectivity index (χ1) is 9.86. The van der Waals surface area contributed by atoms with E-state index in [2.05, 4.69) is 21.2 Å². The zero-order chi connectivity index (χ0) is 15.5. The second-order valence-electron chi connectivity index (χ2n) is 4.99. The molecule has 0 saturated carbocycles. The number of sulfonamides is 1. The zero-order valence-corrected chi connectivity index (χ0v) is 14.6. The number of nitrogens with two attached hydrogens (primary N) is 1. The maximum Gasteiger partial charge on any atom is 0.238 e. The van der Waals surface area contributed by atoms with Crippen LogP contribution in [0.2, 0.25) is 0 Å². The molecule has 1 aromatic carbocycles. The number of carbonyl (C=O) groups excluding carboxylic acids is 1. The molecule has 116 valence electrons. The average molecular weight is 393 g/mol. The van der Waals surface area contributed by atoms with E-state index in [0.717, 1.165) is 24.3 Å². The Morgan fingerprint density at radius 2 is 2.05 bits per heavy atom. The summed E-state index contributed by atoms with van der Waals surface area (Å²) in [5.41, 5.74) is 0.553. The molecular weight excluding hydrogens is 376 g/mol. The van der Waals surface area contributed by atoms with Crippen molar-refractivity contribution >= 4 is 49.3 Å². The van der Waals surface area contributed by atoms with Crippen molar-refractivity contribution in [3.63, 3.8) is 0 Å². The van der Waals surface area contributed by atoms with Crippen LogP contribution in [-0.4, -0.2) is 25.8 Å². The van der Waals surface area contributed by atoms with Gasteiger partial charge in [0.1, 0.15) is 0 Å². The fourth-order valence-corrected chi connectivity index (χ4v) is 4.56. The van der Waals surface area contributed by atoms with E-state index in [-0.39, 0.29) is 10.8 Å². The first-order valence-electron chi connectivity index (χ1n) is 6.56. The van der Waals surface area contributed by atoms with Gasteiger partial charge in [0.05, 0.1) is 10.6 Å². The van der Waals surface area contributed by atoms with Crippen LogP contribution in [-0.2, 0) is 14.8 Å². The number of benzene rings is 1. The first kappa shape index (κ1) is 16.8. The van der Waals surface area contributed by atoms with Gasteiger partial charge in [-0.2, -0.15) is 11.8 Å². The number of rotatable bonds is 4. The molecule has 1 aliphatic heterocycles. The van der Waals surface area contributed by atoms with Crippen molar-refractivity contribution in [3.8, 4) is 0 Å². The third-order valence-corrected chi connectivity index (χ3v) is 5.97. The van der Waals surface area contributed by atoms with Crippen molar-refractivity contribution in [2.24, 2.45) is 11.1 Å². The Kier molecular flexibility index (Phi) is 5.70. The Bertz CT molecular complexity index is 628. The van der Waals surface area contributed by atoms with E-state index in [0.29, 0.717) is 22.5 Å². The van der Waals surface area contributed by atoms with Crippen LogP contribution < -0.4 is 10.5 Å². The normalized spacial score (nSPS) is 16.7. The van der Waals surface area contributed by atoms with E-state index >= 15 is 0 Å². The van der Waals surface area contributed by atoms with Crippen molar-refractivity contribution in [1.29, 1.82) is 0 Å². The van der Waals surface area contributed by atoms with Crippen molar-refractivity contribution < 1.29 is 13.2 Å². The average Bonchev–Trinajstić information content (AvgIpc) is 2.41. The van der Waals surface area contributed by atoms with E-state index in [4.69, 9.17) is 5.14 Å². The molecule has 1 heterocycles. The van der Waals surface area contributed by atoms with Gasteiger partial charge in [0, 0.05) is 10.9 Å². The first-order valence-corrected chi connectivity index (χ1v) is 10.1. The highest BCUT2D eigenvalue weighted by atomic mass is 79.9. The molecule has 5 nitrogen and oxygen atoms in total. The number of halogens is 1. The third-order valence-electron chi connectivity index (χ3n) is 3.36. The molecule has 0 atom stereocenters. The number of amides is 1. The molecular formula is C13H17BrN2O3S2. The quantitative estimate of drug-likeness (QED) is 0.823. The van der Waals surface area contributed by atoms with Crippen LogP contribution in [0.1, 0.15) is 19.3 Å². The smallest absolute Gasteiger partial charge is 0.238 e. The molecule has 0 bridgehead atoms. The van der Waals surface area contributed by atoms with Gasteiger partial charge in [-0.25, -0.2) is 13.6 Å². The molecule has 1 aliphatic rings. The number of nitrogens with one attached hydrogen (secondary N) is 1. The number of hydrogen-bond acceptors (Lipinski definition) is 4. The molecule has 0 spiro atoms. The molecule has 3 N–H and O–H groups in total. The third kappa shape index (κ3) is 4.98. The Labute approximate surface area is 137 Å². The van der Waals surface area contributed by atoms with Crippen LogP contribution in [0.25, 0.3) is 0 Å². The Morgan fingerprint density at radius 1 is 1.38 bits per heavy atom. The summed E-state index contributed by atoms with van der Waals surface area (Å²) in [6, 6.07) is 4.31. The van der Waals surface area contributed by atoms with E-state index in [1.54, 1.807) is 6.07 Å². The van der Waals surface area contributed by atoms with Gasteiger partial charge in [0.15, 0.2) is 0 Å². The van der Waals surface area contributed by atoms with E-state index in [9.17, 15) is 13.2 Å². The molecule has 1 amide bonds. The van der Waals surface area contributed by atoms with Gasteiger partial charge in [-0.15, -0.1) is 0 Å². The molecule has 0 aliphatic carbocycles. The lowest BCUT2D eigenvalue weighted by molar-refractivity contribution is -0.117. The summed E-state index contributed by atoms with van der Waals surface area (Å²) >= 11 is 5.18. The fourth-order valence-electron chi connectivity index (χ4n) is 2.19. The summed E-state index contributed by atoms with van der Waals surface area (Å²) in [5, 5.41) is 7.87. The van der Waals surface area contributed by atoms with Crippen molar-refractivity contribution in [1.82, 2.24) is 0 Å². The minimum absolute atomic E-state index is 0.0108. The second-order valence-corrected chi connectivity index (χ2v) is 8.64. The summed E-state index contributed by atoms with van der Waals surface area (Å²) < 4.78 is 23.0. The summed E-state index contributed by atoms with van der Waals surface area (Å²) in [6.07, 6.45) is 2.65. The molecule has 21 heavy (non-hydrogen) atoms. The highest BCUT2D eigenvalue weighted by Crippen LogP contribution is 2.28. The minimum Gasteiger partial charge on any atom is -0.325 e. The summed E-state index contributed by atoms with van der Waals surface area (Å²) in [5.74, 6) is 2.62. The molecule has 1 fully saturated rings. The molecule has 1 aromatic rings. The highest BCUT2D eigenvalue weighted by molar-refractivity contribution is 9.10.